The van der Waals surface area contributed by atoms with Crippen molar-refractivity contribution in [3.8, 4) is 0 Å². The fourth-order valence-electron chi connectivity index (χ4n) is 2.30. The summed E-state index contributed by atoms with van der Waals surface area (Å²) in [6.45, 7) is 6.97. The van der Waals surface area contributed by atoms with E-state index in [1.54, 1.807) is 0 Å². The highest BCUT2D eigenvalue weighted by Crippen LogP contribution is 2.23. The minimum atomic E-state index is 0.254. The Morgan fingerprint density at radius 1 is 1.38 bits per heavy atom. The van der Waals surface area contributed by atoms with Gasteiger partial charge in [-0.25, -0.2) is 0 Å². The smallest absolute Gasteiger partial charge is 0.236 e. The van der Waals surface area contributed by atoms with Crippen LogP contribution in [0.4, 0.5) is 0 Å². The van der Waals surface area contributed by atoms with Gasteiger partial charge >= 0.3 is 0 Å². The summed E-state index contributed by atoms with van der Waals surface area (Å²) in [7, 11) is 1.83. The number of rotatable bonds is 5. The van der Waals surface area contributed by atoms with Gasteiger partial charge in [0.05, 0.1) is 6.54 Å². The summed E-state index contributed by atoms with van der Waals surface area (Å²) in [5.41, 5.74) is 0. The zero-order chi connectivity index (χ0) is 12.0. The van der Waals surface area contributed by atoms with Crippen LogP contribution < -0.4 is 5.32 Å². The lowest BCUT2D eigenvalue weighted by Crippen LogP contribution is -2.42. The molecule has 0 spiro atoms. The quantitative estimate of drug-likeness (QED) is 0.776. The molecule has 1 amide bonds. The first kappa shape index (κ1) is 13.5. The van der Waals surface area contributed by atoms with Crippen molar-refractivity contribution in [2.24, 2.45) is 11.8 Å². The summed E-state index contributed by atoms with van der Waals surface area (Å²) in [4.78, 5) is 13.6. The lowest BCUT2D eigenvalue weighted by atomic mass is 9.89. The number of piperidine rings is 1. The summed E-state index contributed by atoms with van der Waals surface area (Å²) in [6.07, 6.45) is 5.06. The Balaban J connectivity index is 2.20. The van der Waals surface area contributed by atoms with E-state index >= 15 is 0 Å². The van der Waals surface area contributed by atoms with Gasteiger partial charge in [0.2, 0.25) is 5.91 Å². The highest BCUT2D eigenvalue weighted by molar-refractivity contribution is 5.78. The first-order valence-electron chi connectivity index (χ1n) is 6.55. The number of carbonyl (C=O) groups excluding carboxylic acids is 1. The molecule has 0 saturated carbocycles. The van der Waals surface area contributed by atoms with E-state index < -0.39 is 0 Å². The maximum absolute atomic E-state index is 11.6. The number of likely N-dealkylation sites (tertiary alicyclic amines) is 1. The van der Waals surface area contributed by atoms with Crippen LogP contribution >= 0.6 is 0 Å². The number of carbonyl (C=O) groups is 1. The molecular formula is C13H26N2O. The molecule has 0 aromatic rings. The molecule has 1 N–H and O–H groups in total. The third kappa shape index (κ3) is 4.52. The summed E-state index contributed by atoms with van der Waals surface area (Å²) in [6, 6.07) is 0. The van der Waals surface area contributed by atoms with E-state index in [0.29, 0.717) is 6.54 Å². The third-order valence-electron chi connectivity index (χ3n) is 3.45. The number of amides is 1. The summed E-state index contributed by atoms with van der Waals surface area (Å²) < 4.78 is 0. The van der Waals surface area contributed by atoms with Crippen molar-refractivity contribution >= 4 is 5.91 Å². The lowest BCUT2D eigenvalue weighted by Gasteiger charge is -2.32. The standard InChI is InChI=1S/C13H26N2O/c1-11(2)4-5-12-6-8-15(9-7-12)13(16)10-14-3/h11-12,14H,4-10H2,1-3H3. The Morgan fingerprint density at radius 2 is 2.00 bits per heavy atom. The zero-order valence-electron chi connectivity index (χ0n) is 11.0. The van der Waals surface area contributed by atoms with Crippen molar-refractivity contribution in [3.05, 3.63) is 0 Å². The van der Waals surface area contributed by atoms with Crippen LogP contribution in [0.5, 0.6) is 0 Å². The van der Waals surface area contributed by atoms with Gasteiger partial charge in [0.1, 0.15) is 0 Å². The molecule has 0 unspecified atom stereocenters. The summed E-state index contributed by atoms with van der Waals surface area (Å²) in [5, 5.41) is 2.92. The largest absolute Gasteiger partial charge is 0.342 e. The van der Waals surface area contributed by atoms with Crippen molar-refractivity contribution in [3.63, 3.8) is 0 Å². The van der Waals surface area contributed by atoms with Gasteiger partial charge in [-0.3, -0.25) is 4.79 Å². The molecule has 1 aliphatic heterocycles. The molecule has 16 heavy (non-hydrogen) atoms. The second-order valence-corrected chi connectivity index (χ2v) is 5.33. The molecule has 1 fully saturated rings. The fourth-order valence-corrected chi connectivity index (χ4v) is 2.30. The second kappa shape index (κ2) is 6.89. The molecule has 0 aromatic carbocycles. The van der Waals surface area contributed by atoms with Gasteiger partial charge in [-0.05, 0) is 31.7 Å². The van der Waals surface area contributed by atoms with Gasteiger partial charge in [0.15, 0.2) is 0 Å². The van der Waals surface area contributed by atoms with Crippen LogP contribution in [0.15, 0.2) is 0 Å². The Hall–Kier alpha value is -0.570. The highest BCUT2D eigenvalue weighted by atomic mass is 16.2. The lowest BCUT2D eigenvalue weighted by molar-refractivity contribution is -0.131. The van der Waals surface area contributed by atoms with Crippen LogP contribution in [0.3, 0.4) is 0 Å². The molecule has 0 radical (unpaired) electrons. The minimum Gasteiger partial charge on any atom is -0.342 e. The maximum atomic E-state index is 11.6. The topological polar surface area (TPSA) is 32.3 Å². The summed E-state index contributed by atoms with van der Waals surface area (Å²) >= 11 is 0. The molecule has 3 heteroatoms. The van der Waals surface area contributed by atoms with Crippen LogP contribution in [-0.4, -0.2) is 37.5 Å². The molecule has 3 nitrogen and oxygen atoms in total. The molecule has 0 aromatic heterocycles. The second-order valence-electron chi connectivity index (χ2n) is 5.33. The molecule has 0 aliphatic carbocycles. The van der Waals surface area contributed by atoms with Gasteiger partial charge in [-0.15, -0.1) is 0 Å². The number of nitrogens with zero attached hydrogens (tertiary/aromatic N) is 1. The SMILES string of the molecule is CNCC(=O)N1CCC(CCC(C)C)CC1. The van der Waals surface area contributed by atoms with Crippen LogP contribution in [0.1, 0.15) is 39.5 Å². The van der Waals surface area contributed by atoms with Gasteiger partial charge in [-0.2, -0.15) is 0 Å². The normalized spacial score (nSPS) is 18.1. The Kier molecular flexibility index (Phi) is 5.81. The molecule has 1 aliphatic rings. The highest BCUT2D eigenvalue weighted by Gasteiger charge is 2.21. The Bertz CT molecular complexity index is 208. The van der Waals surface area contributed by atoms with Crippen molar-refractivity contribution in [1.29, 1.82) is 0 Å². The third-order valence-corrected chi connectivity index (χ3v) is 3.45. The van der Waals surface area contributed by atoms with Crippen molar-refractivity contribution in [2.45, 2.75) is 39.5 Å². The Morgan fingerprint density at radius 3 is 2.50 bits per heavy atom. The zero-order valence-corrected chi connectivity index (χ0v) is 11.0. The van der Waals surface area contributed by atoms with Crippen molar-refractivity contribution < 1.29 is 4.79 Å². The van der Waals surface area contributed by atoms with Gasteiger partial charge < -0.3 is 10.2 Å². The molecular weight excluding hydrogens is 200 g/mol. The fraction of sp³-hybridized carbons (Fsp3) is 0.923. The number of nitrogens with one attached hydrogen (secondary N) is 1. The minimum absolute atomic E-state index is 0.254. The monoisotopic (exact) mass is 226 g/mol. The van der Waals surface area contributed by atoms with Crippen LogP contribution in [-0.2, 0) is 4.79 Å². The number of hydrogen-bond acceptors (Lipinski definition) is 2. The predicted octanol–water partition coefficient (Wildman–Crippen LogP) is 1.88. The van der Waals surface area contributed by atoms with E-state index in [1.165, 1.54) is 25.7 Å². The van der Waals surface area contributed by atoms with E-state index in [1.807, 2.05) is 11.9 Å². The predicted molar refractivity (Wildman–Crippen MR) is 67.3 cm³/mol. The maximum Gasteiger partial charge on any atom is 0.236 e. The average molecular weight is 226 g/mol. The first-order valence-corrected chi connectivity index (χ1v) is 6.55. The molecule has 1 heterocycles. The Labute approximate surface area is 99.6 Å². The molecule has 1 saturated heterocycles. The number of hydrogen-bond donors (Lipinski definition) is 1. The van der Waals surface area contributed by atoms with E-state index in [-0.39, 0.29) is 5.91 Å². The first-order chi connectivity index (χ1) is 7.63. The average Bonchev–Trinajstić information content (AvgIpc) is 2.27. The van der Waals surface area contributed by atoms with E-state index in [2.05, 4.69) is 19.2 Å². The summed E-state index contributed by atoms with van der Waals surface area (Å²) in [5.74, 6) is 1.91. The van der Waals surface area contributed by atoms with E-state index in [4.69, 9.17) is 0 Å². The van der Waals surface area contributed by atoms with E-state index in [9.17, 15) is 4.79 Å². The number of likely N-dealkylation sites (N-methyl/N-ethyl adjacent to an activating group) is 1. The van der Waals surface area contributed by atoms with E-state index in [0.717, 1.165) is 24.9 Å². The molecule has 0 atom stereocenters. The molecule has 0 bridgehead atoms. The van der Waals surface area contributed by atoms with Gasteiger partial charge in [0, 0.05) is 13.1 Å². The van der Waals surface area contributed by atoms with Gasteiger partial charge in [-0.1, -0.05) is 26.7 Å². The van der Waals surface area contributed by atoms with Crippen LogP contribution in [0, 0.1) is 11.8 Å². The molecule has 94 valence electrons. The van der Waals surface area contributed by atoms with Crippen LogP contribution in [0.2, 0.25) is 0 Å². The van der Waals surface area contributed by atoms with Gasteiger partial charge in [0.25, 0.3) is 0 Å². The van der Waals surface area contributed by atoms with Crippen molar-refractivity contribution in [1.82, 2.24) is 10.2 Å². The van der Waals surface area contributed by atoms with Crippen molar-refractivity contribution in [2.75, 3.05) is 26.7 Å². The molecule has 1 rings (SSSR count). The van der Waals surface area contributed by atoms with Crippen LogP contribution in [0.25, 0.3) is 0 Å².